The van der Waals surface area contributed by atoms with E-state index in [1.165, 1.54) is 11.1 Å². The summed E-state index contributed by atoms with van der Waals surface area (Å²) in [6.07, 6.45) is 0. The third-order valence-electron chi connectivity index (χ3n) is 3.31. The molecule has 106 valence electrons. The molecule has 3 nitrogen and oxygen atoms in total. The van der Waals surface area contributed by atoms with E-state index >= 15 is 0 Å². The van der Waals surface area contributed by atoms with Crippen LogP contribution in [-0.2, 0) is 5.41 Å². The first-order chi connectivity index (χ1) is 10.0. The third kappa shape index (κ3) is 2.87. The van der Waals surface area contributed by atoms with Crippen LogP contribution in [0.5, 0.6) is 0 Å². The molecular weight excluding hydrogens is 260 g/mol. The normalized spacial score (nSPS) is 11.6. The summed E-state index contributed by atoms with van der Waals surface area (Å²) >= 11 is 0. The zero-order chi connectivity index (χ0) is 14.9. The molecular formula is C18H18N2O. The van der Waals surface area contributed by atoms with Crippen molar-refractivity contribution in [3.05, 3.63) is 60.5 Å². The van der Waals surface area contributed by atoms with Crippen LogP contribution in [0, 0.1) is 0 Å². The molecule has 0 N–H and O–H groups in total. The van der Waals surface area contributed by atoms with Crippen LogP contribution < -0.4 is 0 Å². The first kappa shape index (κ1) is 13.6. The molecule has 0 saturated heterocycles. The molecule has 0 aliphatic rings. The highest BCUT2D eigenvalue weighted by atomic mass is 16.4. The molecule has 0 fully saturated rings. The zero-order valence-electron chi connectivity index (χ0n) is 12.5. The quantitative estimate of drug-likeness (QED) is 0.682. The number of hydrogen-bond acceptors (Lipinski definition) is 3. The van der Waals surface area contributed by atoms with Crippen molar-refractivity contribution in [1.29, 1.82) is 0 Å². The minimum absolute atomic E-state index is 0.130. The Bertz CT molecular complexity index is 722. The topological polar surface area (TPSA) is 38.9 Å². The van der Waals surface area contributed by atoms with Crippen molar-refractivity contribution in [2.45, 2.75) is 26.2 Å². The molecule has 0 bridgehead atoms. The maximum atomic E-state index is 5.76. The Kier molecular flexibility index (Phi) is 3.34. The highest BCUT2D eigenvalue weighted by molar-refractivity contribution is 5.67. The lowest BCUT2D eigenvalue weighted by Gasteiger charge is -2.10. The van der Waals surface area contributed by atoms with Gasteiger partial charge >= 0.3 is 0 Å². The van der Waals surface area contributed by atoms with Crippen molar-refractivity contribution in [3.8, 4) is 22.6 Å². The van der Waals surface area contributed by atoms with Gasteiger partial charge in [-0.2, -0.15) is 0 Å². The summed E-state index contributed by atoms with van der Waals surface area (Å²) in [7, 11) is 0. The molecule has 3 rings (SSSR count). The first-order valence-corrected chi connectivity index (χ1v) is 7.04. The molecule has 0 aliphatic heterocycles. The minimum atomic E-state index is -0.130. The third-order valence-corrected chi connectivity index (χ3v) is 3.31. The minimum Gasteiger partial charge on any atom is -0.420 e. The van der Waals surface area contributed by atoms with Gasteiger partial charge in [0.2, 0.25) is 11.8 Å². The number of benzene rings is 2. The molecule has 0 radical (unpaired) electrons. The molecule has 1 aromatic heterocycles. The molecule has 0 saturated carbocycles. The van der Waals surface area contributed by atoms with Gasteiger partial charge in [0, 0.05) is 11.0 Å². The molecule has 2 aromatic carbocycles. The van der Waals surface area contributed by atoms with Gasteiger partial charge in [-0.05, 0) is 23.3 Å². The fraction of sp³-hybridized carbons (Fsp3) is 0.222. The van der Waals surface area contributed by atoms with Gasteiger partial charge in [0.1, 0.15) is 0 Å². The van der Waals surface area contributed by atoms with Gasteiger partial charge in [0.05, 0.1) is 0 Å². The van der Waals surface area contributed by atoms with Crippen LogP contribution in [0.2, 0.25) is 0 Å². The fourth-order valence-corrected chi connectivity index (χ4v) is 2.08. The molecule has 0 amide bonds. The van der Waals surface area contributed by atoms with E-state index in [0.717, 1.165) is 5.56 Å². The lowest BCUT2D eigenvalue weighted by atomic mass is 9.97. The zero-order valence-corrected chi connectivity index (χ0v) is 12.5. The molecule has 3 aromatic rings. The summed E-state index contributed by atoms with van der Waals surface area (Å²) < 4.78 is 5.76. The van der Waals surface area contributed by atoms with Gasteiger partial charge in [-0.1, -0.05) is 63.2 Å². The van der Waals surface area contributed by atoms with Crippen LogP contribution in [0.4, 0.5) is 0 Å². The first-order valence-electron chi connectivity index (χ1n) is 7.04. The Morgan fingerprint density at radius 1 is 0.714 bits per heavy atom. The Labute approximate surface area is 124 Å². The molecule has 0 aliphatic carbocycles. The summed E-state index contributed by atoms with van der Waals surface area (Å²) in [5.41, 5.74) is 3.19. The van der Waals surface area contributed by atoms with Crippen LogP contribution in [0.25, 0.3) is 22.6 Å². The predicted molar refractivity (Wildman–Crippen MR) is 83.9 cm³/mol. The average Bonchev–Trinajstić information content (AvgIpc) is 2.98. The SMILES string of the molecule is CC(C)(C)c1nnc(-c2ccc(-c3ccccc3)cc2)o1. The predicted octanol–water partition coefficient (Wildman–Crippen LogP) is 4.70. The second kappa shape index (κ2) is 5.17. The van der Waals surface area contributed by atoms with E-state index in [4.69, 9.17) is 4.42 Å². The summed E-state index contributed by atoms with van der Waals surface area (Å²) in [4.78, 5) is 0. The summed E-state index contributed by atoms with van der Waals surface area (Å²) in [6, 6.07) is 18.5. The van der Waals surface area contributed by atoms with Gasteiger partial charge in [-0.25, -0.2) is 0 Å². The molecule has 0 spiro atoms. The number of aromatic nitrogens is 2. The van der Waals surface area contributed by atoms with E-state index in [0.29, 0.717) is 11.8 Å². The van der Waals surface area contributed by atoms with E-state index in [2.05, 4.69) is 55.2 Å². The Morgan fingerprint density at radius 3 is 1.86 bits per heavy atom. The van der Waals surface area contributed by atoms with E-state index < -0.39 is 0 Å². The number of hydrogen-bond donors (Lipinski definition) is 0. The molecule has 3 heteroatoms. The van der Waals surface area contributed by atoms with E-state index in [9.17, 15) is 0 Å². The van der Waals surface area contributed by atoms with E-state index in [1.54, 1.807) is 0 Å². The Hall–Kier alpha value is -2.42. The van der Waals surface area contributed by atoms with Crippen LogP contribution >= 0.6 is 0 Å². The van der Waals surface area contributed by atoms with E-state index in [1.807, 2.05) is 30.3 Å². The van der Waals surface area contributed by atoms with Crippen LogP contribution in [0.1, 0.15) is 26.7 Å². The second-order valence-corrected chi connectivity index (χ2v) is 6.11. The van der Waals surface area contributed by atoms with Gasteiger partial charge < -0.3 is 4.42 Å². The Balaban J connectivity index is 1.89. The van der Waals surface area contributed by atoms with Crippen LogP contribution in [-0.4, -0.2) is 10.2 Å². The molecule has 1 heterocycles. The van der Waals surface area contributed by atoms with Crippen LogP contribution in [0.3, 0.4) is 0 Å². The van der Waals surface area contributed by atoms with Gasteiger partial charge in [0.25, 0.3) is 0 Å². The maximum absolute atomic E-state index is 5.76. The van der Waals surface area contributed by atoms with Crippen LogP contribution in [0.15, 0.2) is 59.0 Å². The van der Waals surface area contributed by atoms with Gasteiger partial charge in [-0.15, -0.1) is 10.2 Å². The van der Waals surface area contributed by atoms with Gasteiger partial charge in [-0.3, -0.25) is 0 Å². The standard InChI is InChI=1S/C18H18N2O/c1-18(2,3)17-20-19-16(21-17)15-11-9-14(10-12-15)13-7-5-4-6-8-13/h4-12H,1-3H3. The number of rotatable bonds is 2. The van der Waals surface area contributed by atoms with Crippen molar-refractivity contribution in [1.82, 2.24) is 10.2 Å². The summed E-state index contributed by atoms with van der Waals surface area (Å²) in [5.74, 6) is 1.23. The van der Waals surface area contributed by atoms with Gasteiger partial charge in [0.15, 0.2) is 0 Å². The highest BCUT2D eigenvalue weighted by Gasteiger charge is 2.21. The van der Waals surface area contributed by atoms with Crippen molar-refractivity contribution in [2.24, 2.45) is 0 Å². The lowest BCUT2D eigenvalue weighted by molar-refractivity contribution is 0.399. The highest BCUT2D eigenvalue weighted by Crippen LogP contribution is 2.27. The monoisotopic (exact) mass is 278 g/mol. The number of nitrogens with zero attached hydrogens (tertiary/aromatic N) is 2. The molecule has 21 heavy (non-hydrogen) atoms. The van der Waals surface area contributed by atoms with Crippen molar-refractivity contribution >= 4 is 0 Å². The maximum Gasteiger partial charge on any atom is 0.247 e. The Morgan fingerprint density at radius 2 is 1.29 bits per heavy atom. The fourth-order valence-electron chi connectivity index (χ4n) is 2.08. The summed E-state index contributed by atoms with van der Waals surface area (Å²) in [6.45, 7) is 6.17. The van der Waals surface area contributed by atoms with Crippen molar-refractivity contribution in [3.63, 3.8) is 0 Å². The summed E-state index contributed by atoms with van der Waals surface area (Å²) in [5, 5.41) is 8.27. The lowest BCUT2D eigenvalue weighted by Crippen LogP contribution is -2.11. The largest absolute Gasteiger partial charge is 0.420 e. The second-order valence-electron chi connectivity index (χ2n) is 6.11. The van der Waals surface area contributed by atoms with Crippen molar-refractivity contribution in [2.75, 3.05) is 0 Å². The molecule has 0 unspecified atom stereocenters. The smallest absolute Gasteiger partial charge is 0.247 e. The average molecular weight is 278 g/mol. The van der Waals surface area contributed by atoms with Crippen molar-refractivity contribution < 1.29 is 4.42 Å². The molecule has 0 atom stereocenters. The van der Waals surface area contributed by atoms with E-state index in [-0.39, 0.29) is 5.41 Å².